The van der Waals surface area contributed by atoms with Gasteiger partial charge in [0.05, 0.1) is 22.2 Å². The minimum absolute atomic E-state index is 0.151. The molecule has 124 valence electrons. The number of rotatable bonds is 5. The maximum atomic E-state index is 12.5. The van der Waals surface area contributed by atoms with Crippen molar-refractivity contribution in [1.82, 2.24) is 25.1 Å². The molecule has 0 aromatic carbocycles. The molecule has 0 saturated carbocycles. The van der Waals surface area contributed by atoms with Gasteiger partial charge in [-0.3, -0.25) is 9.48 Å². The molecule has 1 unspecified atom stereocenters. The maximum absolute atomic E-state index is 12.5. The number of fused-ring (bicyclic) bond motifs is 1. The van der Waals surface area contributed by atoms with Crippen molar-refractivity contribution in [2.75, 3.05) is 18.8 Å². The highest BCUT2D eigenvalue weighted by Gasteiger charge is 2.20. The van der Waals surface area contributed by atoms with Gasteiger partial charge in [0.15, 0.2) is 11.4 Å². The first-order chi connectivity index (χ1) is 11.7. The largest absolute Gasteiger partial charge is 0.316 e. The molecule has 4 heterocycles. The summed E-state index contributed by atoms with van der Waals surface area (Å²) in [5.41, 5.74) is 0.784. The van der Waals surface area contributed by atoms with Crippen LogP contribution in [0.2, 0.25) is 0 Å². The molecule has 3 aromatic rings. The Hall–Kier alpha value is -1.77. The van der Waals surface area contributed by atoms with Crippen LogP contribution in [0.25, 0.3) is 11.0 Å². The predicted octanol–water partition coefficient (Wildman–Crippen LogP) is 2.48. The lowest BCUT2D eigenvalue weighted by atomic mass is 10.1. The Balaban J connectivity index is 1.46. The topological polar surface area (TPSA) is 72.7 Å². The van der Waals surface area contributed by atoms with E-state index in [0.717, 1.165) is 40.4 Å². The number of carbonyl (C=O) groups is 1. The van der Waals surface area contributed by atoms with Crippen molar-refractivity contribution >= 4 is 39.9 Å². The van der Waals surface area contributed by atoms with Gasteiger partial charge in [0, 0.05) is 24.4 Å². The van der Waals surface area contributed by atoms with Gasteiger partial charge in [-0.15, -0.1) is 11.3 Å². The average Bonchev–Trinajstić information content (AvgIpc) is 3.33. The lowest BCUT2D eigenvalue weighted by Gasteiger charge is -2.03. The van der Waals surface area contributed by atoms with Crippen molar-refractivity contribution in [3.8, 4) is 0 Å². The number of thioether (sulfide) groups is 1. The number of nitrogens with zero attached hydrogens (tertiary/aromatic N) is 4. The lowest BCUT2D eigenvalue weighted by Crippen LogP contribution is -2.07. The monoisotopic (exact) mass is 359 g/mol. The summed E-state index contributed by atoms with van der Waals surface area (Å²) in [4.78, 5) is 23.2. The van der Waals surface area contributed by atoms with Crippen LogP contribution in [0, 0.1) is 0 Å². The number of aromatic nitrogens is 4. The summed E-state index contributed by atoms with van der Waals surface area (Å²) >= 11 is 3.08. The van der Waals surface area contributed by atoms with Gasteiger partial charge in [-0.1, -0.05) is 11.8 Å². The molecular formula is C16H17N5OS2. The van der Waals surface area contributed by atoms with Crippen LogP contribution in [0.5, 0.6) is 0 Å². The van der Waals surface area contributed by atoms with Crippen molar-refractivity contribution in [2.24, 2.45) is 7.05 Å². The summed E-state index contributed by atoms with van der Waals surface area (Å²) in [6, 6.07) is 4.06. The highest BCUT2D eigenvalue weighted by Crippen LogP contribution is 2.31. The van der Waals surface area contributed by atoms with Crippen LogP contribution in [0.3, 0.4) is 0 Å². The second kappa shape index (κ2) is 6.62. The third-order valence-electron chi connectivity index (χ3n) is 4.20. The standard InChI is InChI=1S/C16H17N5OS2/c1-21-15-11(7-20-21)16(19-9-18-15)23-8-12(22)14-3-2-13(24-14)10-4-5-17-6-10/h2-3,7,9-10,17H,4-6,8H2,1H3. The predicted molar refractivity (Wildman–Crippen MR) is 95.9 cm³/mol. The van der Waals surface area contributed by atoms with Crippen molar-refractivity contribution in [1.29, 1.82) is 0 Å². The molecule has 1 saturated heterocycles. The maximum Gasteiger partial charge on any atom is 0.183 e. The normalized spacial score (nSPS) is 17.6. The van der Waals surface area contributed by atoms with Gasteiger partial charge in [0.25, 0.3) is 0 Å². The quantitative estimate of drug-likeness (QED) is 0.429. The number of ketones is 1. The van der Waals surface area contributed by atoms with Crippen molar-refractivity contribution in [3.63, 3.8) is 0 Å². The van der Waals surface area contributed by atoms with Crippen LogP contribution in [0.15, 0.2) is 29.7 Å². The van der Waals surface area contributed by atoms with E-state index in [9.17, 15) is 4.79 Å². The molecule has 4 rings (SSSR count). The molecule has 1 fully saturated rings. The number of Topliss-reactive ketones (excluding diaryl/α,β-unsaturated/α-hetero) is 1. The first-order valence-corrected chi connectivity index (χ1v) is 9.62. The molecular weight excluding hydrogens is 342 g/mol. The van der Waals surface area contributed by atoms with Crippen molar-refractivity contribution in [3.05, 3.63) is 34.4 Å². The molecule has 0 aliphatic carbocycles. The van der Waals surface area contributed by atoms with Crippen LogP contribution in [0.1, 0.15) is 26.9 Å². The third kappa shape index (κ3) is 2.97. The molecule has 1 aliphatic heterocycles. The summed E-state index contributed by atoms with van der Waals surface area (Å²) in [5.74, 6) is 1.09. The summed E-state index contributed by atoms with van der Waals surface area (Å²) in [7, 11) is 1.85. The zero-order valence-electron chi connectivity index (χ0n) is 13.2. The molecule has 1 aliphatic rings. The Kier molecular flexibility index (Phi) is 4.34. The van der Waals surface area contributed by atoms with E-state index in [1.807, 2.05) is 13.1 Å². The minimum atomic E-state index is 0.151. The smallest absolute Gasteiger partial charge is 0.183 e. The van der Waals surface area contributed by atoms with E-state index in [2.05, 4.69) is 26.4 Å². The van der Waals surface area contributed by atoms with Crippen LogP contribution >= 0.6 is 23.1 Å². The van der Waals surface area contributed by atoms with Gasteiger partial charge < -0.3 is 5.32 Å². The van der Waals surface area contributed by atoms with E-state index >= 15 is 0 Å². The van der Waals surface area contributed by atoms with Gasteiger partial charge in [0.1, 0.15) is 11.4 Å². The van der Waals surface area contributed by atoms with Crippen molar-refractivity contribution in [2.45, 2.75) is 17.4 Å². The molecule has 0 spiro atoms. The molecule has 1 atom stereocenters. The first kappa shape index (κ1) is 15.7. The molecule has 0 amide bonds. The Morgan fingerprint density at radius 3 is 3.21 bits per heavy atom. The summed E-state index contributed by atoms with van der Waals surface area (Å²) in [6.07, 6.45) is 4.43. The molecule has 8 heteroatoms. The number of thiophene rings is 1. The number of aryl methyl sites for hydroxylation is 1. The van der Waals surface area contributed by atoms with Gasteiger partial charge in [-0.05, 0) is 25.1 Å². The fraction of sp³-hybridized carbons (Fsp3) is 0.375. The second-order valence-corrected chi connectivity index (χ2v) is 7.87. The molecule has 0 radical (unpaired) electrons. The Bertz CT molecular complexity index is 882. The summed E-state index contributed by atoms with van der Waals surface area (Å²) in [6.45, 7) is 2.08. The summed E-state index contributed by atoms with van der Waals surface area (Å²) in [5, 5.41) is 9.27. The Labute approximate surface area is 147 Å². The van der Waals surface area contributed by atoms with Gasteiger partial charge in [-0.25, -0.2) is 9.97 Å². The SMILES string of the molecule is Cn1ncc2c(SCC(=O)c3ccc(C4CCNC4)s3)ncnc21. The van der Waals surface area contributed by atoms with E-state index in [-0.39, 0.29) is 5.78 Å². The average molecular weight is 359 g/mol. The van der Waals surface area contributed by atoms with Crippen LogP contribution in [-0.4, -0.2) is 44.4 Å². The number of carbonyl (C=O) groups excluding carboxylic acids is 1. The van der Waals surface area contributed by atoms with E-state index in [0.29, 0.717) is 11.7 Å². The molecule has 3 aromatic heterocycles. The third-order valence-corrected chi connectivity index (χ3v) is 6.49. The highest BCUT2D eigenvalue weighted by atomic mass is 32.2. The van der Waals surface area contributed by atoms with Gasteiger partial charge >= 0.3 is 0 Å². The second-order valence-electron chi connectivity index (χ2n) is 5.79. The number of hydrogen-bond acceptors (Lipinski definition) is 7. The fourth-order valence-corrected chi connectivity index (χ4v) is 4.90. The first-order valence-electron chi connectivity index (χ1n) is 7.81. The zero-order valence-corrected chi connectivity index (χ0v) is 14.9. The Morgan fingerprint density at radius 1 is 1.46 bits per heavy atom. The van der Waals surface area contributed by atoms with E-state index in [4.69, 9.17) is 0 Å². The molecule has 0 bridgehead atoms. The van der Waals surface area contributed by atoms with E-state index in [1.165, 1.54) is 23.0 Å². The van der Waals surface area contributed by atoms with Gasteiger partial charge in [-0.2, -0.15) is 5.10 Å². The zero-order chi connectivity index (χ0) is 16.5. The minimum Gasteiger partial charge on any atom is -0.316 e. The lowest BCUT2D eigenvalue weighted by molar-refractivity contribution is 0.102. The van der Waals surface area contributed by atoms with E-state index < -0.39 is 0 Å². The van der Waals surface area contributed by atoms with E-state index in [1.54, 1.807) is 22.2 Å². The highest BCUT2D eigenvalue weighted by molar-refractivity contribution is 8.00. The van der Waals surface area contributed by atoms with Crippen LogP contribution in [0.4, 0.5) is 0 Å². The number of hydrogen-bond donors (Lipinski definition) is 1. The van der Waals surface area contributed by atoms with Crippen molar-refractivity contribution < 1.29 is 4.79 Å². The van der Waals surface area contributed by atoms with Crippen LogP contribution in [-0.2, 0) is 7.05 Å². The Morgan fingerprint density at radius 2 is 2.38 bits per heavy atom. The fourth-order valence-electron chi connectivity index (χ4n) is 2.88. The molecule has 6 nitrogen and oxygen atoms in total. The molecule has 1 N–H and O–H groups in total. The van der Waals surface area contributed by atoms with Gasteiger partial charge in [0.2, 0.25) is 0 Å². The summed E-state index contributed by atoms with van der Waals surface area (Å²) < 4.78 is 1.71. The molecule has 24 heavy (non-hydrogen) atoms. The van der Waals surface area contributed by atoms with Crippen LogP contribution < -0.4 is 5.32 Å². The number of nitrogens with one attached hydrogen (secondary N) is 1.